The summed E-state index contributed by atoms with van der Waals surface area (Å²) in [6.07, 6.45) is -1.41. The second-order valence-electron chi connectivity index (χ2n) is 6.42. The van der Waals surface area contributed by atoms with Gasteiger partial charge in [0.25, 0.3) is 0 Å². The van der Waals surface area contributed by atoms with Crippen molar-refractivity contribution in [3.05, 3.63) is 40.3 Å². The summed E-state index contributed by atoms with van der Waals surface area (Å²) in [4.78, 5) is 12.3. The van der Waals surface area contributed by atoms with Gasteiger partial charge in [-0.05, 0) is 42.9 Å². The highest BCUT2D eigenvalue weighted by molar-refractivity contribution is 7.93. The van der Waals surface area contributed by atoms with Crippen molar-refractivity contribution in [1.82, 2.24) is 9.62 Å². The zero-order chi connectivity index (χ0) is 18.9. The van der Waals surface area contributed by atoms with Gasteiger partial charge in [-0.25, -0.2) is 8.42 Å². The van der Waals surface area contributed by atoms with Gasteiger partial charge in [-0.1, -0.05) is 24.3 Å². The number of carbonyl (C=O) groups excluding carboxylic acids is 1. The van der Waals surface area contributed by atoms with Crippen molar-refractivity contribution >= 4 is 22.0 Å². The lowest BCUT2D eigenvalue weighted by atomic mass is 9.98. The third-order valence-corrected chi connectivity index (χ3v) is 6.66. The summed E-state index contributed by atoms with van der Waals surface area (Å²) in [6, 6.07) is 6.35. The molecular formula is C17H19F3N2O3S. The third kappa shape index (κ3) is 3.93. The highest BCUT2D eigenvalue weighted by Crippen LogP contribution is 2.32. The van der Waals surface area contributed by atoms with Crippen molar-refractivity contribution in [2.75, 3.05) is 13.1 Å². The molecule has 1 aliphatic carbocycles. The Kier molecular flexibility index (Phi) is 5.12. The number of carbonyl (C=O) groups is 1. The molecule has 5 nitrogen and oxygen atoms in total. The number of aryl methyl sites for hydroxylation is 1. The molecule has 1 amide bonds. The maximum atomic E-state index is 13.0. The molecule has 26 heavy (non-hydrogen) atoms. The highest BCUT2D eigenvalue weighted by atomic mass is 32.2. The van der Waals surface area contributed by atoms with Gasteiger partial charge in [0.15, 0.2) is 0 Å². The van der Waals surface area contributed by atoms with Crippen LogP contribution < -0.4 is 5.32 Å². The first kappa shape index (κ1) is 18.9. The fourth-order valence-electron chi connectivity index (χ4n) is 3.36. The van der Waals surface area contributed by atoms with E-state index >= 15 is 0 Å². The number of alkyl halides is 3. The molecule has 9 heteroatoms. The van der Waals surface area contributed by atoms with Gasteiger partial charge in [0.1, 0.15) is 12.6 Å². The lowest BCUT2D eigenvalue weighted by Crippen LogP contribution is -2.48. The number of fused-ring (bicyclic) bond motifs is 1. The van der Waals surface area contributed by atoms with Crippen LogP contribution >= 0.6 is 0 Å². The van der Waals surface area contributed by atoms with Crippen LogP contribution in [0.1, 0.15) is 30.4 Å². The smallest absolute Gasteiger partial charge is 0.346 e. The predicted octanol–water partition coefficient (Wildman–Crippen LogP) is 2.45. The van der Waals surface area contributed by atoms with E-state index < -0.39 is 34.7 Å². The first-order valence-electron chi connectivity index (χ1n) is 8.33. The number of amides is 1. The van der Waals surface area contributed by atoms with Crippen molar-refractivity contribution in [2.24, 2.45) is 0 Å². The highest BCUT2D eigenvalue weighted by Gasteiger charge is 2.41. The van der Waals surface area contributed by atoms with Gasteiger partial charge in [-0.3, -0.25) is 4.79 Å². The van der Waals surface area contributed by atoms with E-state index in [9.17, 15) is 26.4 Å². The van der Waals surface area contributed by atoms with Gasteiger partial charge >= 0.3 is 6.18 Å². The molecule has 1 aromatic rings. The maximum Gasteiger partial charge on any atom is 0.405 e. The van der Waals surface area contributed by atoms with Crippen LogP contribution in [0, 0.1) is 0 Å². The van der Waals surface area contributed by atoms with E-state index in [1.165, 1.54) is 0 Å². The minimum atomic E-state index is -4.53. The number of allylic oxidation sites excluding steroid dienone is 1. The molecule has 0 saturated carbocycles. The van der Waals surface area contributed by atoms with Crippen LogP contribution in [0.2, 0.25) is 0 Å². The van der Waals surface area contributed by atoms with Crippen LogP contribution in [-0.4, -0.2) is 43.9 Å². The van der Waals surface area contributed by atoms with Gasteiger partial charge < -0.3 is 5.32 Å². The molecule has 0 bridgehead atoms. The average molecular weight is 388 g/mol. The van der Waals surface area contributed by atoms with E-state index in [4.69, 9.17) is 0 Å². The van der Waals surface area contributed by atoms with E-state index in [0.29, 0.717) is 19.3 Å². The van der Waals surface area contributed by atoms with E-state index in [2.05, 4.69) is 0 Å². The summed E-state index contributed by atoms with van der Waals surface area (Å²) < 4.78 is 63.9. The van der Waals surface area contributed by atoms with Gasteiger partial charge in [0.2, 0.25) is 15.9 Å². The number of benzene rings is 1. The molecular weight excluding hydrogens is 369 g/mol. The number of rotatable bonds is 4. The molecule has 1 aromatic carbocycles. The van der Waals surface area contributed by atoms with E-state index in [1.807, 2.05) is 24.3 Å². The van der Waals surface area contributed by atoms with Crippen molar-refractivity contribution in [3.63, 3.8) is 0 Å². The fourth-order valence-corrected chi connectivity index (χ4v) is 5.20. The first-order valence-corrected chi connectivity index (χ1v) is 9.77. The minimum absolute atomic E-state index is 0.130. The standard InChI is InChI=1S/C17H19F3N2O3S/c18-17(19,20)11-21-16(23)15-6-3-9-22(15)26(24,25)14-8-7-12-4-1-2-5-13(12)10-14/h1-2,4-5,10,15H,3,6-9,11H2,(H,21,23)/t15-/m1/s1. The Bertz CT molecular complexity index is 834. The number of halogens is 3. The van der Waals surface area contributed by atoms with Crippen molar-refractivity contribution in [1.29, 1.82) is 0 Å². The SMILES string of the molecule is O=C(NCC(F)(F)F)[C@H]1CCCN1S(=O)(=O)C1=Cc2ccccc2CC1. The van der Waals surface area contributed by atoms with Crippen LogP contribution in [0.5, 0.6) is 0 Å². The fraction of sp³-hybridized carbons (Fsp3) is 0.471. The first-order chi connectivity index (χ1) is 12.2. The van der Waals surface area contributed by atoms with Crippen molar-refractivity contribution in [2.45, 2.75) is 37.9 Å². The summed E-state index contributed by atoms with van der Waals surface area (Å²) in [5.41, 5.74) is 1.86. The largest absolute Gasteiger partial charge is 0.405 e. The average Bonchev–Trinajstić information content (AvgIpc) is 3.09. The summed E-state index contributed by atoms with van der Waals surface area (Å²) in [6.45, 7) is -1.34. The number of nitrogens with one attached hydrogen (secondary N) is 1. The minimum Gasteiger partial charge on any atom is -0.346 e. The van der Waals surface area contributed by atoms with Gasteiger partial charge in [0.05, 0.1) is 4.91 Å². The Labute approximate surface area is 149 Å². The monoisotopic (exact) mass is 388 g/mol. The van der Waals surface area contributed by atoms with Crippen LogP contribution in [0.4, 0.5) is 13.2 Å². The van der Waals surface area contributed by atoms with Gasteiger partial charge in [-0.15, -0.1) is 0 Å². The van der Waals surface area contributed by atoms with Crippen LogP contribution in [0.3, 0.4) is 0 Å². The molecule has 1 heterocycles. The third-order valence-electron chi connectivity index (χ3n) is 4.62. The van der Waals surface area contributed by atoms with E-state index in [1.54, 1.807) is 11.4 Å². The molecule has 2 aliphatic rings. The predicted molar refractivity (Wildman–Crippen MR) is 90.5 cm³/mol. The Balaban J connectivity index is 1.80. The Morgan fingerprint density at radius 3 is 2.69 bits per heavy atom. The number of hydrogen-bond donors (Lipinski definition) is 1. The molecule has 3 rings (SSSR count). The van der Waals surface area contributed by atoms with Crippen LogP contribution in [0.25, 0.3) is 6.08 Å². The lowest BCUT2D eigenvalue weighted by molar-refractivity contribution is -0.140. The zero-order valence-corrected chi connectivity index (χ0v) is 14.7. The molecule has 1 fully saturated rings. The maximum absolute atomic E-state index is 13.0. The quantitative estimate of drug-likeness (QED) is 0.862. The number of sulfonamides is 1. The molecule has 142 valence electrons. The summed E-state index contributed by atoms with van der Waals surface area (Å²) >= 11 is 0. The summed E-state index contributed by atoms with van der Waals surface area (Å²) in [7, 11) is -3.90. The molecule has 1 N–H and O–H groups in total. The van der Waals surface area contributed by atoms with Gasteiger partial charge in [-0.2, -0.15) is 17.5 Å². The molecule has 1 aliphatic heterocycles. The van der Waals surface area contributed by atoms with Gasteiger partial charge in [0, 0.05) is 6.54 Å². The number of nitrogens with zero attached hydrogens (tertiary/aromatic N) is 1. The lowest BCUT2D eigenvalue weighted by Gasteiger charge is -2.26. The molecule has 1 atom stereocenters. The van der Waals surface area contributed by atoms with Crippen LogP contribution in [0.15, 0.2) is 29.2 Å². The Hall–Kier alpha value is -1.87. The topological polar surface area (TPSA) is 66.5 Å². The zero-order valence-electron chi connectivity index (χ0n) is 13.9. The summed E-state index contributed by atoms with van der Waals surface area (Å²) in [5, 5.41) is 1.80. The van der Waals surface area contributed by atoms with E-state index in [0.717, 1.165) is 15.4 Å². The molecule has 0 aromatic heterocycles. The molecule has 1 saturated heterocycles. The van der Waals surface area contributed by atoms with E-state index in [-0.39, 0.29) is 17.9 Å². The normalized spacial score (nSPS) is 21.2. The second kappa shape index (κ2) is 7.03. The summed E-state index contributed by atoms with van der Waals surface area (Å²) in [5.74, 6) is -0.903. The Morgan fingerprint density at radius 1 is 1.23 bits per heavy atom. The molecule has 0 unspecified atom stereocenters. The van der Waals surface area contributed by atoms with Crippen molar-refractivity contribution in [3.8, 4) is 0 Å². The second-order valence-corrected chi connectivity index (χ2v) is 8.36. The number of hydrogen-bond acceptors (Lipinski definition) is 3. The Morgan fingerprint density at radius 2 is 1.96 bits per heavy atom. The molecule has 0 spiro atoms. The molecule has 0 radical (unpaired) electrons. The van der Waals surface area contributed by atoms with Crippen molar-refractivity contribution < 1.29 is 26.4 Å². The van der Waals surface area contributed by atoms with Crippen LogP contribution in [-0.2, 0) is 21.2 Å².